The van der Waals surface area contributed by atoms with Gasteiger partial charge in [-0.3, -0.25) is 4.79 Å². The van der Waals surface area contributed by atoms with Crippen LogP contribution in [0.1, 0.15) is 18.1 Å². The highest BCUT2D eigenvalue weighted by molar-refractivity contribution is 6.31. The van der Waals surface area contributed by atoms with E-state index in [4.69, 9.17) is 21.1 Å². The molecule has 1 atom stereocenters. The average molecular weight is 334 g/mol. The molecule has 122 valence electrons. The summed E-state index contributed by atoms with van der Waals surface area (Å²) in [6.45, 7) is 5.51. The molecule has 0 aliphatic carbocycles. The highest BCUT2D eigenvalue weighted by Gasteiger charge is 2.18. The number of carbonyl (C=O) groups excluding carboxylic acids is 1. The van der Waals surface area contributed by atoms with E-state index in [1.165, 1.54) is 7.11 Å². The Morgan fingerprint density at radius 3 is 2.48 bits per heavy atom. The number of para-hydroxylation sites is 1. The molecule has 5 heteroatoms. The first-order chi connectivity index (χ1) is 10.9. The molecule has 1 amide bonds. The lowest BCUT2D eigenvalue weighted by Crippen LogP contribution is -2.30. The van der Waals surface area contributed by atoms with Crippen molar-refractivity contribution in [2.45, 2.75) is 26.9 Å². The van der Waals surface area contributed by atoms with Crippen LogP contribution >= 0.6 is 11.6 Å². The molecular weight excluding hydrogens is 314 g/mol. The maximum atomic E-state index is 12.4. The maximum Gasteiger partial charge on any atom is 0.265 e. The molecule has 0 aliphatic rings. The Kier molecular flexibility index (Phi) is 5.50. The van der Waals surface area contributed by atoms with E-state index in [0.29, 0.717) is 22.2 Å². The minimum absolute atomic E-state index is 0.256. The van der Waals surface area contributed by atoms with Crippen molar-refractivity contribution < 1.29 is 14.3 Å². The molecule has 1 unspecified atom stereocenters. The molecule has 0 saturated carbocycles. The Hall–Kier alpha value is -2.20. The Balaban J connectivity index is 2.12. The average Bonchev–Trinajstić information content (AvgIpc) is 2.52. The number of amides is 1. The molecule has 0 aromatic heterocycles. The topological polar surface area (TPSA) is 47.6 Å². The van der Waals surface area contributed by atoms with Crippen molar-refractivity contribution in [3.8, 4) is 11.5 Å². The molecular formula is C18H20ClNO3. The number of halogens is 1. The number of methoxy groups -OCH3 is 1. The maximum absolute atomic E-state index is 12.4. The minimum atomic E-state index is -0.642. The molecule has 4 nitrogen and oxygen atoms in total. The Morgan fingerprint density at radius 2 is 1.83 bits per heavy atom. The van der Waals surface area contributed by atoms with Gasteiger partial charge >= 0.3 is 0 Å². The fraction of sp³-hybridized carbons (Fsp3) is 0.278. The van der Waals surface area contributed by atoms with Gasteiger partial charge in [0.15, 0.2) is 6.10 Å². The van der Waals surface area contributed by atoms with Gasteiger partial charge in [0.2, 0.25) is 0 Å². The highest BCUT2D eigenvalue weighted by Crippen LogP contribution is 2.31. The Morgan fingerprint density at radius 1 is 1.13 bits per heavy atom. The van der Waals surface area contributed by atoms with Crippen molar-refractivity contribution in [3.63, 3.8) is 0 Å². The summed E-state index contributed by atoms with van der Waals surface area (Å²) in [6.07, 6.45) is -0.642. The SMILES string of the molecule is COc1cc(Cl)c(C)cc1NC(=O)C(C)Oc1ccccc1C. The number of rotatable bonds is 5. The zero-order chi connectivity index (χ0) is 17.0. The fourth-order valence-corrected chi connectivity index (χ4v) is 2.25. The van der Waals surface area contributed by atoms with Crippen molar-refractivity contribution >= 4 is 23.2 Å². The lowest BCUT2D eigenvalue weighted by molar-refractivity contribution is -0.122. The van der Waals surface area contributed by atoms with E-state index in [1.807, 2.05) is 38.1 Å². The van der Waals surface area contributed by atoms with Crippen molar-refractivity contribution in [1.29, 1.82) is 0 Å². The standard InChI is InChI=1S/C18H20ClNO3/c1-11-7-5-6-8-16(11)23-13(3)18(21)20-15-9-12(2)14(19)10-17(15)22-4/h5-10,13H,1-4H3,(H,20,21). The monoisotopic (exact) mass is 333 g/mol. The van der Waals surface area contributed by atoms with E-state index < -0.39 is 6.10 Å². The fourth-order valence-electron chi connectivity index (χ4n) is 2.10. The number of benzene rings is 2. The zero-order valence-electron chi connectivity index (χ0n) is 13.6. The van der Waals surface area contributed by atoms with Crippen LogP contribution in [-0.4, -0.2) is 19.1 Å². The third-order valence-corrected chi connectivity index (χ3v) is 3.91. The van der Waals surface area contributed by atoms with Crippen LogP contribution in [0, 0.1) is 13.8 Å². The van der Waals surface area contributed by atoms with Gasteiger partial charge in [0.05, 0.1) is 12.8 Å². The molecule has 0 heterocycles. The van der Waals surface area contributed by atoms with Crippen LogP contribution in [0.5, 0.6) is 11.5 Å². The molecule has 0 aliphatic heterocycles. The molecule has 0 saturated heterocycles. The van der Waals surface area contributed by atoms with E-state index in [0.717, 1.165) is 11.1 Å². The van der Waals surface area contributed by atoms with Gasteiger partial charge in [-0.05, 0) is 44.0 Å². The lowest BCUT2D eigenvalue weighted by atomic mass is 10.2. The van der Waals surface area contributed by atoms with Crippen molar-refractivity contribution in [2.75, 3.05) is 12.4 Å². The zero-order valence-corrected chi connectivity index (χ0v) is 14.4. The number of carbonyl (C=O) groups is 1. The van der Waals surface area contributed by atoms with Crippen LogP contribution in [-0.2, 0) is 4.79 Å². The molecule has 1 N–H and O–H groups in total. The number of nitrogens with one attached hydrogen (secondary N) is 1. The first kappa shape index (κ1) is 17.2. The minimum Gasteiger partial charge on any atom is -0.495 e. The second kappa shape index (κ2) is 7.38. The summed E-state index contributed by atoms with van der Waals surface area (Å²) >= 11 is 6.07. The Labute approximate surface area is 141 Å². The van der Waals surface area contributed by atoms with Crippen molar-refractivity contribution in [1.82, 2.24) is 0 Å². The summed E-state index contributed by atoms with van der Waals surface area (Å²) in [5.41, 5.74) is 2.40. The van der Waals surface area contributed by atoms with E-state index in [-0.39, 0.29) is 5.91 Å². The Bertz CT molecular complexity index is 715. The second-order valence-electron chi connectivity index (χ2n) is 5.32. The van der Waals surface area contributed by atoms with E-state index in [9.17, 15) is 4.79 Å². The van der Waals surface area contributed by atoms with Crippen molar-refractivity contribution in [3.05, 3.63) is 52.5 Å². The molecule has 23 heavy (non-hydrogen) atoms. The number of aryl methyl sites for hydroxylation is 2. The van der Waals surface area contributed by atoms with Crippen molar-refractivity contribution in [2.24, 2.45) is 0 Å². The van der Waals surface area contributed by atoms with Gasteiger partial charge < -0.3 is 14.8 Å². The first-order valence-corrected chi connectivity index (χ1v) is 7.67. The van der Waals surface area contributed by atoms with Crippen LogP contribution in [0.2, 0.25) is 5.02 Å². The molecule has 2 aromatic carbocycles. The largest absolute Gasteiger partial charge is 0.495 e. The molecule has 0 fully saturated rings. The van der Waals surface area contributed by atoms with Gasteiger partial charge in [-0.15, -0.1) is 0 Å². The molecule has 0 radical (unpaired) electrons. The lowest BCUT2D eigenvalue weighted by Gasteiger charge is -2.18. The molecule has 2 aromatic rings. The van der Waals surface area contributed by atoms with E-state index >= 15 is 0 Å². The molecule has 2 rings (SSSR count). The summed E-state index contributed by atoms with van der Waals surface area (Å²) in [6, 6.07) is 11.0. The second-order valence-corrected chi connectivity index (χ2v) is 5.72. The smallest absolute Gasteiger partial charge is 0.265 e. The summed E-state index contributed by atoms with van der Waals surface area (Å²) in [4.78, 5) is 12.4. The quantitative estimate of drug-likeness (QED) is 0.883. The van der Waals surface area contributed by atoms with Gasteiger partial charge in [0, 0.05) is 11.1 Å². The number of hydrogen-bond donors (Lipinski definition) is 1. The highest BCUT2D eigenvalue weighted by atomic mass is 35.5. The first-order valence-electron chi connectivity index (χ1n) is 7.29. The van der Waals surface area contributed by atoms with Crippen LogP contribution in [0.25, 0.3) is 0 Å². The third kappa shape index (κ3) is 4.17. The molecule has 0 spiro atoms. The van der Waals surface area contributed by atoms with Crippen LogP contribution in [0.3, 0.4) is 0 Å². The van der Waals surface area contributed by atoms with Crippen LogP contribution < -0.4 is 14.8 Å². The van der Waals surface area contributed by atoms with Gasteiger partial charge in [-0.2, -0.15) is 0 Å². The number of hydrogen-bond acceptors (Lipinski definition) is 3. The molecule has 0 bridgehead atoms. The predicted octanol–water partition coefficient (Wildman–Crippen LogP) is 4.37. The van der Waals surface area contributed by atoms with Crippen LogP contribution in [0.4, 0.5) is 5.69 Å². The summed E-state index contributed by atoms with van der Waals surface area (Å²) in [7, 11) is 1.53. The normalized spacial score (nSPS) is 11.7. The van der Waals surface area contributed by atoms with E-state index in [1.54, 1.807) is 19.1 Å². The third-order valence-electron chi connectivity index (χ3n) is 3.51. The summed E-state index contributed by atoms with van der Waals surface area (Å²) in [5.74, 6) is 0.944. The predicted molar refractivity (Wildman–Crippen MR) is 92.6 cm³/mol. The van der Waals surface area contributed by atoms with Crippen LogP contribution in [0.15, 0.2) is 36.4 Å². The number of anilines is 1. The summed E-state index contributed by atoms with van der Waals surface area (Å²) < 4.78 is 11.0. The summed E-state index contributed by atoms with van der Waals surface area (Å²) in [5, 5.41) is 3.41. The van der Waals surface area contributed by atoms with Gasteiger partial charge in [-0.25, -0.2) is 0 Å². The van der Waals surface area contributed by atoms with E-state index in [2.05, 4.69) is 5.32 Å². The van der Waals surface area contributed by atoms with Gasteiger partial charge in [0.1, 0.15) is 11.5 Å². The van der Waals surface area contributed by atoms with Gasteiger partial charge in [-0.1, -0.05) is 29.8 Å². The number of ether oxygens (including phenoxy) is 2. The van der Waals surface area contributed by atoms with Gasteiger partial charge in [0.25, 0.3) is 5.91 Å².